The van der Waals surface area contributed by atoms with E-state index in [9.17, 15) is 14.4 Å². The van der Waals surface area contributed by atoms with E-state index in [2.05, 4.69) is 20.8 Å². The molecule has 1 aliphatic carbocycles. The average Bonchev–Trinajstić information content (AvgIpc) is 2.61. The zero-order valence-corrected chi connectivity index (χ0v) is 17.4. The Morgan fingerprint density at radius 1 is 1.00 bits per heavy atom. The third kappa shape index (κ3) is 8.31. The van der Waals surface area contributed by atoms with Crippen molar-refractivity contribution in [1.29, 1.82) is 0 Å². The van der Waals surface area contributed by atoms with Gasteiger partial charge in [0, 0.05) is 6.92 Å². The van der Waals surface area contributed by atoms with Crippen LogP contribution in [0, 0.1) is 11.8 Å². The highest BCUT2D eigenvalue weighted by Gasteiger charge is 2.47. The summed E-state index contributed by atoms with van der Waals surface area (Å²) in [5.74, 6) is -1.04. The van der Waals surface area contributed by atoms with Crippen LogP contribution in [-0.4, -0.2) is 36.7 Å². The maximum Gasteiger partial charge on any atom is 0.350 e. The van der Waals surface area contributed by atoms with Gasteiger partial charge in [-0.05, 0) is 44.4 Å². The number of carbonyl (C=O) groups excluding carboxylic acids is 3. The maximum atomic E-state index is 12.6. The molecule has 0 aromatic rings. The number of carbonyl (C=O) groups is 3. The number of esters is 3. The van der Waals surface area contributed by atoms with Crippen molar-refractivity contribution in [2.75, 3.05) is 13.2 Å². The van der Waals surface area contributed by atoms with E-state index in [4.69, 9.17) is 14.2 Å². The van der Waals surface area contributed by atoms with Gasteiger partial charge in [0.05, 0.1) is 19.1 Å². The molecule has 1 aliphatic rings. The van der Waals surface area contributed by atoms with Gasteiger partial charge < -0.3 is 14.2 Å². The summed E-state index contributed by atoms with van der Waals surface area (Å²) in [5, 5.41) is 0. The molecule has 0 aromatic heterocycles. The summed E-state index contributed by atoms with van der Waals surface area (Å²) in [6.45, 7) is 8.28. The summed E-state index contributed by atoms with van der Waals surface area (Å²) >= 11 is 0. The van der Waals surface area contributed by atoms with Gasteiger partial charge in [0.2, 0.25) is 5.60 Å². The standard InChI is InChI=1S/C21H36O6/c1-5-6-7-8-14-25-19(23)18-9-12-21(13-10-18,27-17(4)22)20(24)26-15-11-16(2)3/h16,18H,5-15H2,1-4H3. The molecule has 1 saturated carbocycles. The molecule has 0 heterocycles. The van der Waals surface area contributed by atoms with Gasteiger partial charge in [-0.1, -0.05) is 40.0 Å². The predicted molar refractivity (Wildman–Crippen MR) is 102 cm³/mol. The van der Waals surface area contributed by atoms with E-state index in [1.54, 1.807) is 0 Å². The molecule has 0 N–H and O–H groups in total. The fraction of sp³-hybridized carbons (Fsp3) is 0.857. The van der Waals surface area contributed by atoms with Crippen LogP contribution in [0.25, 0.3) is 0 Å². The highest BCUT2D eigenvalue weighted by molar-refractivity contribution is 5.83. The summed E-state index contributed by atoms with van der Waals surface area (Å²) in [5.41, 5.74) is -1.26. The lowest BCUT2D eigenvalue weighted by Crippen LogP contribution is -2.48. The molecule has 0 unspecified atom stereocenters. The van der Waals surface area contributed by atoms with Crippen molar-refractivity contribution >= 4 is 17.9 Å². The van der Waals surface area contributed by atoms with E-state index in [-0.39, 0.29) is 11.9 Å². The van der Waals surface area contributed by atoms with Gasteiger partial charge in [-0.25, -0.2) is 4.79 Å². The first-order valence-electron chi connectivity index (χ1n) is 10.3. The van der Waals surface area contributed by atoms with E-state index in [0.717, 1.165) is 32.1 Å². The van der Waals surface area contributed by atoms with E-state index in [1.165, 1.54) is 6.92 Å². The van der Waals surface area contributed by atoms with Crippen LogP contribution in [0.2, 0.25) is 0 Å². The lowest BCUT2D eigenvalue weighted by molar-refractivity contribution is -0.188. The molecule has 0 aliphatic heterocycles. The van der Waals surface area contributed by atoms with Crippen LogP contribution >= 0.6 is 0 Å². The van der Waals surface area contributed by atoms with Gasteiger partial charge >= 0.3 is 17.9 Å². The molecule has 0 saturated heterocycles. The molecule has 27 heavy (non-hydrogen) atoms. The highest BCUT2D eigenvalue weighted by atomic mass is 16.6. The van der Waals surface area contributed by atoms with Crippen LogP contribution < -0.4 is 0 Å². The zero-order valence-electron chi connectivity index (χ0n) is 17.4. The summed E-state index contributed by atoms with van der Waals surface area (Å²) < 4.78 is 16.1. The van der Waals surface area contributed by atoms with Gasteiger partial charge in [0.15, 0.2) is 0 Å². The summed E-state index contributed by atoms with van der Waals surface area (Å²) in [4.78, 5) is 36.3. The smallest absolute Gasteiger partial charge is 0.350 e. The summed E-state index contributed by atoms with van der Waals surface area (Å²) in [6.07, 6.45) is 6.49. The molecule has 1 rings (SSSR count). The van der Waals surface area contributed by atoms with E-state index in [0.29, 0.717) is 44.8 Å². The molecule has 156 valence electrons. The minimum absolute atomic E-state index is 0.212. The lowest BCUT2D eigenvalue weighted by Gasteiger charge is -2.36. The van der Waals surface area contributed by atoms with Crippen molar-refractivity contribution in [1.82, 2.24) is 0 Å². The van der Waals surface area contributed by atoms with Gasteiger partial charge in [0.25, 0.3) is 0 Å². The second-order valence-corrected chi connectivity index (χ2v) is 7.91. The Labute approximate surface area is 163 Å². The van der Waals surface area contributed by atoms with Crippen molar-refractivity contribution in [2.24, 2.45) is 11.8 Å². The number of hydrogen-bond acceptors (Lipinski definition) is 6. The topological polar surface area (TPSA) is 78.9 Å². The maximum absolute atomic E-state index is 12.6. The third-order valence-corrected chi connectivity index (χ3v) is 5.01. The van der Waals surface area contributed by atoms with Crippen LogP contribution in [0.15, 0.2) is 0 Å². The lowest BCUT2D eigenvalue weighted by atomic mass is 9.78. The van der Waals surface area contributed by atoms with Gasteiger partial charge in [-0.15, -0.1) is 0 Å². The Morgan fingerprint density at radius 3 is 2.22 bits per heavy atom. The van der Waals surface area contributed by atoms with E-state index >= 15 is 0 Å². The Hall–Kier alpha value is -1.59. The van der Waals surface area contributed by atoms with Crippen molar-refractivity contribution in [3.63, 3.8) is 0 Å². The first kappa shape index (κ1) is 23.4. The number of rotatable bonds is 11. The fourth-order valence-electron chi connectivity index (χ4n) is 3.28. The summed E-state index contributed by atoms with van der Waals surface area (Å²) in [6, 6.07) is 0. The monoisotopic (exact) mass is 384 g/mol. The third-order valence-electron chi connectivity index (χ3n) is 5.01. The fourth-order valence-corrected chi connectivity index (χ4v) is 3.28. The van der Waals surface area contributed by atoms with Crippen molar-refractivity contribution < 1.29 is 28.6 Å². The minimum Gasteiger partial charge on any atom is -0.465 e. The second-order valence-electron chi connectivity index (χ2n) is 7.91. The van der Waals surface area contributed by atoms with Crippen LogP contribution in [0.3, 0.4) is 0 Å². The van der Waals surface area contributed by atoms with Crippen LogP contribution in [0.4, 0.5) is 0 Å². The Kier molecular flexibility index (Phi) is 10.4. The molecular weight excluding hydrogens is 348 g/mol. The Balaban J connectivity index is 2.53. The number of unbranched alkanes of at least 4 members (excludes halogenated alkanes) is 3. The molecule has 0 aromatic carbocycles. The normalized spacial score (nSPS) is 22.3. The van der Waals surface area contributed by atoms with Crippen molar-refractivity contribution in [3.05, 3.63) is 0 Å². The minimum atomic E-state index is -1.26. The van der Waals surface area contributed by atoms with Crippen LogP contribution in [0.5, 0.6) is 0 Å². The Morgan fingerprint density at radius 2 is 1.67 bits per heavy atom. The van der Waals surface area contributed by atoms with Crippen LogP contribution in [0.1, 0.15) is 85.5 Å². The predicted octanol–water partition coefficient (Wildman–Crippen LogP) is 4.19. The largest absolute Gasteiger partial charge is 0.465 e. The molecule has 6 nitrogen and oxygen atoms in total. The molecule has 1 fully saturated rings. The van der Waals surface area contributed by atoms with Crippen molar-refractivity contribution in [3.8, 4) is 0 Å². The van der Waals surface area contributed by atoms with E-state index in [1.807, 2.05) is 0 Å². The molecule has 0 bridgehead atoms. The molecule has 0 radical (unpaired) electrons. The first-order valence-corrected chi connectivity index (χ1v) is 10.3. The van der Waals surface area contributed by atoms with Gasteiger partial charge in [0.1, 0.15) is 0 Å². The summed E-state index contributed by atoms with van der Waals surface area (Å²) in [7, 11) is 0. The first-order chi connectivity index (χ1) is 12.8. The Bertz CT molecular complexity index is 477. The highest BCUT2D eigenvalue weighted by Crippen LogP contribution is 2.37. The molecule has 0 amide bonds. The van der Waals surface area contributed by atoms with Crippen molar-refractivity contribution in [2.45, 2.75) is 91.1 Å². The molecule has 0 atom stereocenters. The van der Waals surface area contributed by atoms with E-state index < -0.39 is 17.5 Å². The quantitative estimate of drug-likeness (QED) is 0.302. The van der Waals surface area contributed by atoms with Crippen LogP contribution in [-0.2, 0) is 28.6 Å². The number of hydrogen-bond donors (Lipinski definition) is 0. The average molecular weight is 385 g/mol. The molecular formula is C21H36O6. The SMILES string of the molecule is CCCCCCOC(=O)C1CCC(OC(C)=O)(C(=O)OCCC(C)C)CC1. The molecule has 6 heteroatoms. The molecule has 0 spiro atoms. The zero-order chi connectivity index (χ0) is 20.3. The number of ether oxygens (including phenoxy) is 3. The van der Waals surface area contributed by atoms with Gasteiger partial charge in [-0.3, -0.25) is 9.59 Å². The van der Waals surface area contributed by atoms with Gasteiger partial charge in [-0.2, -0.15) is 0 Å². The second kappa shape index (κ2) is 12.0.